The number of aliphatic hydroxyl groups is 1. The van der Waals surface area contributed by atoms with Gasteiger partial charge in [-0.15, -0.1) is 0 Å². The number of rotatable bonds is 9. The summed E-state index contributed by atoms with van der Waals surface area (Å²) in [5.74, 6) is 1.97. The monoisotopic (exact) mass is 404 g/mol. The fourth-order valence-electron chi connectivity index (χ4n) is 2.82. The Bertz CT molecular complexity index is 938. The van der Waals surface area contributed by atoms with Gasteiger partial charge in [0.1, 0.15) is 11.4 Å². The third kappa shape index (κ3) is 4.20. The number of nitrogens with one attached hydrogen (secondary N) is 1. The van der Waals surface area contributed by atoms with Crippen LogP contribution in [0.3, 0.4) is 0 Å². The first-order valence-corrected chi connectivity index (χ1v) is 9.56. The van der Waals surface area contributed by atoms with E-state index in [9.17, 15) is 0 Å². The normalized spacial score (nSPS) is 10.8. The van der Waals surface area contributed by atoms with Crippen molar-refractivity contribution >= 4 is 16.5 Å². The van der Waals surface area contributed by atoms with Crippen molar-refractivity contribution in [2.45, 2.75) is 20.0 Å². The maximum atomic E-state index is 9.04. The van der Waals surface area contributed by atoms with Crippen LogP contribution in [-0.4, -0.2) is 47.8 Å². The van der Waals surface area contributed by atoms with Gasteiger partial charge in [0, 0.05) is 24.4 Å². The lowest BCUT2D eigenvalue weighted by molar-refractivity contribution is 0.269. The van der Waals surface area contributed by atoms with E-state index in [4.69, 9.17) is 19.3 Å². The van der Waals surface area contributed by atoms with E-state index in [0.717, 1.165) is 27.0 Å². The van der Waals surface area contributed by atoms with E-state index in [2.05, 4.69) is 15.4 Å². The number of hydrogen-bond acceptors (Lipinski definition) is 8. The zero-order valence-corrected chi connectivity index (χ0v) is 17.2. The SMILES string of the molecule is COc1cc(OC)c(OC)cc1CNc1nc(C)c(-c2ccn(CCO)n2)s1. The maximum Gasteiger partial charge on any atom is 0.183 e. The maximum absolute atomic E-state index is 9.04. The lowest BCUT2D eigenvalue weighted by Crippen LogP contribution is -2.03. The molecular weight excluding hydrogens is 380 g/mol. The van der Waals surface area contributed by atoms with Crippen LogP contribution in [0.15, 0.2) is 24.4 Å². The summed E-state index contributed by atoms with van der Waals surface area (Å²) in [6.45, 7) is 3.01. The number of methoxy groups -OCH3 is 3. The Labute approximate surface area is 167 Å². The number of aliphatic hydroxyl groups excluding tert-OH is 1. The Morgan fingerprint density at radius 1 is 1.11 bits per heavy atom. The summed E-state index contributed by atoms with van der Waals surface area (Å²) in [6, 6.07) is 5.63. The van der Waals surface area contributed by atoms with Crippen molar-refractivity contribution in [3.05, 3.63) is 35.7 Å². The van der Waals surface area contributed by atoms with Crippen LogP contribution in [-0.2, 0) is 13.1 Å². The van der Waals surface area contributed by atoms with E-state index in [1.807, 2.05) is 31.3 Å². The second-order valence-electron chi connectivity index (χ2n) is 5.99. The molecule has 0 amide bonds. The Kier molecular flexibility index (Phi) is 6.37. The second-order valence-corrected chi connectivity index (χ2v) is 6.99. The van der Waals surface area contributed by atoms with E-state index in [1.54, 1.807) is 26.0 Å². The van der Waals surface area contributed by atoms with Crippen LogP contribution in [0.4, 0.5) is 5.13 Å². The summed E-state index contributed by atoms with van der Waals surface area (Å²) in [5, 5.41) is 17.7. The standard InChI is InChI=1S/C19H24N4O4S/c1-12-18(14-5-6-23(22-14)7-8-24)28-19(21-12)20-11-13-9-16(26-3)17(27-4)10-15(13)25-2/h5-6,9-10,24H,7-8,11H2,1-4H3,(H,20,21). The molecule has 8 nitrogen and oxygen atoms in total. The van der Waals surface area contributed by atoms with E-state index in [0.29, 0.717) is 30.3 Å². The van der Waals surface area contributed by atoms with Crippen molar-refractivity contribution in [1.29, 1.82) is 0 Å². The number of anilines is 1. The van der Waals surface area contributed by atoms with Gasteiger partial charge in [-0.3, -0.25) is 4.68 Å². The van der Waals surface area contributed by atoms with E-state index in [-0.39, 0.29) is 6.61 Å². The zero-order valence-electron chi connectivity index (χ0n) is 16.4. The number of aromatic nitrogens is 3. The van der Waals surface area contributed by atoms with Crippen LogP contribution in [0.25, 0.3) is 10.6 Å². The molecular formula is C19H24N4O4S. The minimum absolute atomic E-state index is 0.0583. The highest BCUT2D eigenvalue weighted by atomic mass is 32.1. The van der Waals surface area contributed by atoms with Gasteiger partial charge in [-0.05, 0) is 19.1 Å². The van der Waals surface area contributed by atoms with Crippen LogP contribution in [0.1, 0.15) is 11.3 Å². The highest BCUT2D eigenvalue weighted by molar-refractivity contribution is 7.19. The fourth-order valence-corrected chi connectivity index (χ4v) is 3.75. The molecule has 0 bridgehead atoms. The predicted octanol–water partition coefficient (Wildman–Crippen LogP) is 2.95. The summed E-state index contributed by atoms with van der Waals surface area (Å²) < 4.78 is 17.9. The van der Waals surface area contributed by atoms with Gasteiger partial charge in [-0.2, -0.15) is 5.10 Å². The zero-order chi connectivity index (χ0) is 20.1. The van der Waals surface area contributed by atoms with Gasteiger partial charge in [-0.25, -0.2) is 4.98 Å². The molecule has 3 aromatic rings. The highest BCUT2D eigenvalue weighted by Crippen LogP contribution is 2.36. The third-order valence-electron chi connectivity index (χ3n) is 4.22. The van der Waals surface area contributed by atoms with Crippen molar-refractivity contribution in [2.24, 2.45) is 0 Å². The molecule has 0 atom stereocenters. The summed E-state index contributed by atoms with van der Waals surface area (Å²) in [4.78, 5) is 5.60. The average Bonchev–Trinajstić information content (AvgIpc) is 3.32. The number of benzene rings is 1. The van der Waals surface area contributed by atoms with Crippen molar-refractivity contribution in [3.8, 4) is 27.8 Å². The van der Waals surface area contributed by atoms with Crippen molar-refractivity contribution in [3.63, 3.8) is 0 Å². The molecule has 0 fully saturated rings. The van der Waals surface area contributed by atoms with Crippen LogP contribution in [0, 0.1) is 6.92 Å². The first-order valence-electron chi connectivity index (χ1n) is 8.74. The Hall–Kier alpha value is -2.78. The highest BCUT2D eigenvalue weighted by Gasteiger charge is 2.15. The Morgan fingerprint density at radius 3 is 2.50 bits per heavy atom. The van der Waals surface area contributed by atoms with E-state index >= 15 is 0 Å². The smallest absolute Gasteiger partial charge is 0.183 e. The summed E-state index contributed by atoms with van der Waals surface area (Å²) in [7, 11) is 4.82. The molecule has 0 spiro atoms. The molecule has 28 heavy (non-hydrogen) atoms. The number of thiazole rings is 1. The number of nitrogens with zero attached hydrogens (tertiary/aromatic N) is 3. The van der Waals surface area contributed by atoms with Crippen molar-refractivity contribution in [1.82, 2.24) is 14.8 Å². The van der Waals surface area contributed by atoms with Crippen LogP contribution in [0.5, 0.6) is 17.2 Å². The summed E-state index contributed by atoms with van der Waals surface area (Å²) in [5.41, 5.74) is 2.68. The Balaban J connectivity index is 1.78. The fraction of sp³-hybridized carbons (Fsp3) is 0.368. The molecule has 0 aliphatic carbocycles. The van der Waals surface area contributed by atoms with Gasteiger partial charge in [0.05, 0.1) is 45.1 Å². The molecule has 3 rings (SSSR count). The van der Waals surface area contributed by atoms with Crippen LogP contribution < -0.4 is 19.5 Å². The van der Waals surface area contributed by atoms with Crippen molar-refractivity contribution < 1.29 is 19.3 Å². The first kappa shape index (κ1) is 20.0. The van der Waals surface area contributed by atoms with Gasteiger partial charge >= 0.3 is 0 Å². The molecule has 0 aliphatic heterocycles. The summed E-state index contributed by atoms with van der Waals surface area (Å²) >= 11 is 1.54. The number of hydrogen-bond donors (Lipinski definition) is 2. The van der Waals surface area contributed by atoms with Gasteiger partial charge in [0.15, 0.2) is 16.6 Å². The molecule has 150 valence electrons. The topological polar surface area (TPSA) is 90.7 Å². The van der Waals surface area contributed by atoms with E-state index < -0.39 is 0 Å². The van der Waals surface area contributed by atoms with Crippen molar-refractivity contribution in [2.75, 3.05) is 33.3 Å². The van der Waals surface area contributed by atoms with Gasteiger partial charge < -0.3 is 24.6 Å². The first-order chi connectivity index (χ1) is 13.6. The molecule has 0 aliphatic rings. The molecule has 0 radical (unpaired) electrons. The molecule has 2 aromatic heterocycles. The number of aryl methyl sites for hydroxylation is 1. The van der Waals surface area contributed by atoms with Gasteiger partial charge in [-0.1, -0.05) is 11.3 Å². The molecule has 2 N–H and O–H groups in total. The van der Waals surface area contributed by atoms with Crippen LogP contribution in [0.2, 0.25) is 0 Å². The quantitative estimate of drug-likeness (QED) is 0.567. The Morgan fingerprint density at radius 2 is 1.82 bits per heavy atom. The average molecular weight is 404 g/mol. The molecule has 2 heterocycles. The molecule has 1 aromatic carbocycles. The van der Waals surface area contributed by atoms with Crippen LogP contribution >= 0.6 is 11.3 Å². The number of ether oxygens (including phenoxy) is 3. The van der Waals surface area contributed by atoms with Gasteiger partial charge in [0.2, 0.25) is 0 Å². The minimum atomic E-state index is 0.0583. The van der Waals surface area contributed by atoms with E-state index in [1.165, 1.54) is 11.3 Å². The minimum Gasteiger partial charge on any atom is -0.496 e. The summed E-state index contributed by atoms with van der Waals surface area (Å²) in [6.07, 6.45) is 1.85. The van der Waals surface area contributed by atoms with Gasteiger partial charge in [0.25, 0.3) is 0 Å². The predicted molar refractivity (Wildman–Crippen MR) is 109 cm³/mol. The molecule has 0 saturated heterocycles. The molecule has 0 saturated carbocycles. The molecule has 0 unspecified atom stereocenters. The lowest BCUT2D eigenvalue weighted by atomic mass is 10.1. The molecule has 9 heteroatoms. The largest absolute Gasteiger partial charge is 0.496 e. The second kappa shape index (κ2) is 8.94. The lowest BCUT2D eigenvalue weighted by Gasteiger charge is -2.14. The third-order valence-corrected chi connectivity index (χ3v) is 5.35.